The number of aliphatic hydroxyl groups excluding tert-OH is 1. The maximum atomic E-state index is 14.9. The number of alkyl halides is 2. The molecule has 3 aromatic rings. The number of benzene rings is 1. The summed E-state index contributed by atoms with van der Waals surface area (Å²) in [5.74, 6) is -3.83. The number of ether oxygens (including phenoxy) is 1. The maximum Gasteiger partial charge on any atom is 0.298 e. The molecule has 3 heterocycles. The molecular weight excluding hydrogens is 421 g/mol. The third-order valence-electron chi connectivity index (χ3n) is 5.44. The van der Waals surface area contributed by atoms with E-state index in [-0.39, 0.29) is 5.56 Å². The Morgan fingerprint density at radius 2 is 2.09 bits per heavy atom. The second-order valence-corrected chi connectivity index (χ2v) is 7.71. The van der Waals surface area contributed by atoms with Gasteiger partial charge < -0.3 is 15.2 Å². The standard InChI is InChI=1S/C23H23F3N4O2/c1-13(17-4-3-5-19(20(17)24)23(25,26)12-31)28-22-18-10-16(15-6-8-32-9-7-15)11-27-21(18)29-14(2)30-22/h3-6,10-11,13,31H,7-9,12H2,1-2H3,(H,27,28,29,30)/t13-/m1/s1. The van der Waals surface area contributed by atoms with E-state index in [4.69, 9.17) is 9.84 Å². The second kappa shape index (κ2) is 8.84. The van der Waals surface area contributed by atoms with Crippen molar-refractivity contribution in [1.82, 2.24) is 15.0 Å². The number of halogens is 3. The molecule has 9 heteroatoms. The van der Waals surface area contributed by atoms with Gasteiger partial charge >= 0.3 is 0 Å². The summed E-state index contributed by atoms with van der Waals surface area (Å²) in [5, 5.41) is 12.7. The third-order valence-corrected chi connectivity index (χ3v) is 5.44. The van der Waals surface area contributed by atoms with Crippen molar-refractivity contribution < 1.29 is 23.0 Å². The van der Waals surface area contributed by atoms with Crippen LogP contribution in [0, 0.1) is 12.7 Å². The van der Waals surface area contributed by atoms with E-state index in [2.05, 4.69) is 20.3 Å². The van der Waals surface area contributed by atoms with Crippen molar-refractivity contribution in [3.05, 3.63) is 64.9 Å². The van der Waals surface area contributed by atoms with Crippen LogP contribution in [0.25, 0.3) is 16.6 Å². The van der Waals surface area contributed by atoms with Crippen molar-refractivity contribution in [3.8, 4) is 0 Å². The largest absolute Gasteiger partial charge is 0.390 e. The Kier molecular flexibility index (Phi) is 6.12. The number of nitrogens with zero attached hydrogens (tertiary/aromatic N) is 3. The van der Waals surface area contributed by atoms with Gasteiger partial charge in [0.25, 0.3) is 5.92 Å². The first-order valence-corrected chi connectivity index (χ1v) is 10.3. The van der Waals surface area contributed by atoms with Gasteiger partial charge in [-0.05, 0) is 43.5 Å². The molecule has 6 nitrogen and oxygen atoms in total. The van der Waals surface area contributed by atoms with Crippen molar-refractivity contribution in [2.75, 3.05) is 25.1 Å². The first-order chi connectivity index (χ1) is 15.3. The van der Waals surface area contributed by atoms with Crippen LogP contribution in [0.3, 0.4) is 0 Å². The monoisotopic (exact) mass is 444 g/mol. The van der Waals surface area contributed by atoms with E-state index >= 15 is 0 Å². The Balaban J connectivity index is 1.72. The Hall–Kier alpha value is -3.04. The topological polar surface area (TPSA) is 80.2 Å². The molecule has 0 spiro atoms. The molecule has 0 radical (unpaired) electrons. The third kappa shape index (κ3) is 4.31. The van der Waals surface area contributed by atoms with E-state index in [1.165, 1.54) is 12.1 Å². The maximum absolute atomic E-state index is 14.9. The van der Waals surface area contributed by atoms with Gasteiger partial charge in [-0.25, -0.2) is 19.3 Å². The van der Waals surface area contributed by atoms with Gasteiger partial charge in [-0.15, -0.1) is 0 Å². The van der Waals surface area contributed by atoms with Crippen LogP contribution in [0.2, 0.25) is 0 Å². The molecule has 2 aromatic heterocycles. The van der Waals surface area contributed by atoms with Crippen LogP contribution < -0.4 is 5.32 Å². The summed E-state index contributed by atoms with van der Waals surface area (Å²) >= 11 is 0. The Morgan fingerprint density at radius 3 is 2.81 bits per heavy atom. The van der Waals surface area contributed by atoms with E-state index < -0.39 is 30.0 Å². The summed E-state index contributed by atoms with van der Waals surface area (Å²) in [7, 11) is 0. The lowest BCUT2D eigenvalue weighted by atomic mass is 10.00. The molecule has 0 unspecified atom stereocenters. The van der Waals surface area contributed by atoms with Crippen molar-refractivity contribution >= 4 is 22.4 Å². The fraction of sp³-hybridized carbons (Fsp3) is 0.348. The number of nitrogens with one attached hydrogen (secondary N) is 1. The minimum atomic E-state index is -3.67. The van der Waals surface area contributed by atoms with Gasteiger partial charge in [0.1, 0.15) is 24.1 Å². The number of hydrogen-bond donors (Lipinski definition) is 2. The molecular formula is C23H23F3N4O2. The van der Waals surface area contributed by atoms with Gasteiger partial charge in [-0.2, -0.15) is 8.78 Å². The van der Waals surface area contributed by atoms with Gasteiger partial charge in [0, 0.05) is 11.8 Å². The molecule has 0 amide bonds. The van der Waals surface area contributed by atoms with Crippen molar-refractivity contribution in [1.29, 1.82) is 0 Å². The number of aliphatic hydroxyl groups is 1. The zero-order valence-electron chi connectivity index (χ0n) is 17.7. The van der Waals surface area contributed by atoms with Crippen LogP contribution >= 0.6 is 0 Å². The normalized spacial score (nSPS) is 15.5. The summed E-state index contributed by atoms with van der Waals surface area (Å²) in [6.45, 7) is 3.06. The molecule has 1 aromatic carbocycles. The highest BCUT2D eigenvalue weighted by Gasteiger charge is 2.35. The number of rotatable bonds is 6. The number of hydrogen-bond acceptors (Lipinski definition) is 6. The summed E-state index contributed by atoms with van der Waals surface area (Å²) in [6, 6.07) is 4.98. The van der Waals surface area contributed by atoms with Crippen LogP contribution in [0.4, 0.5) is 19.0 Å². The smallest absolute Gasteiger partial charge is 0.298 e. The average molecular weight is 444 g/mol. The molecule has 0 aliphatic carbocycles. The minimum Gasteiger partial charge on any atom is -0.390 e. The number of pyridine rings is 1. The lowest BCUT2D eigenvalue weighted by molar-refractivity contribution is -0.0583. The average Bonchev–Trinajstić information content (AvgIpc) is 2.79. The SMILES string of the molecule is Cc1nc(N[C@H](C)c2cccc(C(F)(F)CO)c2F)c2cc(C3=CCOCC3)cnc2n1. The van der Waals surface area contributed by atoms with Crippen molar-refractivity contribution in [2.45, 2.75) is 32.2 Å². The van der Waals surface area contributed by atoms with Gasteiger partial charge in [-0.3, -0.25) is 0 Å². The lowest BCUT2D eigenvalue weighted by Gasteiger charge is -2.21. The predicted molar refractivity (Wildman–Crippen MR) is 115 cm³/mol. The fourth-order valence-corrected chi connectivity index (χ4v) is 3.73. The first kappa shape index (κ1) is 22.2. The van der Waals surface area contributed by atoms with Gasteiger partial charge in [-0.1, -0.05) is 18.2 Å². The first-order valence-electron chi connectivity index (χ1n) is 10.3. The minimum absolute atomic E-state index is 0.0382. The zero-order valence-corrected chi connectivity index (χ0v) is 17.7. The summed E-state index contributed by atoms with van der Waals surface area (Å²) in [4.78, 5) is 13.3. The molecule has 0 saturated carbocycles. The molecule has 168 valence electrons. The van der Waals surface area contributed by atoms with Crippen LogP contribution in [0.1, 0.15) is 41.9 Å². The Morgan fingerprint density at radius 1 is 1.28 bits per heavy atom. The molecule has 32 heavy (non-hydrogen) atoms. The quantitative estimate of drug-likeness (QED) is 0.581. The fourth-order valence-electron chi connectivity index (χ4n) is 3.73. The van der Waals surface area contributed by atoms with Crippen LogP contribution in [-0.2, 0) is 10.7 Å². The Bertz CT molecular complexity index is 1180. The molecule has 1 atom stereocenters. The number of aryl methyl sites for hydroxylation is 1. The number of anilines is 1. The van der Waals surface area contributed by atoms with E-state index in [1.54, 1.807) is 20.0 Å². The van der Waals surface area contributed by atoms with Crippen LogP contribution in [0.5, 0.6) is 0 Å². The van der Waals surface area contributed by atoms with E-state index in [1.807, 2.05) is 12.1 Å². The van der Waals surface area contributed by atoms with Crippen LogP contribution in [0.15, 0.2) is 36.5 Å². The highest BCUT2D eigenvalue weighted by Crippen LogP contribution is 2.34. The number of aromatic nitrogens is 3. The zero-order chi connectivity index (χ0) is 22.9. The highest BCUT2D eigenvalue weighted by molar-refractivity contribution is 5.89. The molecule has 2 N–H and O–H groups in total. The predicted octanol–water partition coefficient (Wildman–Crippen LogP) is 4.53. The van der Waals surface area contributed by atoms with Crippen molar-refractivity contribution in [3.63, 3.8) is 0 Å². The molecule has 0 bridgehead atoms. The van der Waals surface area contributed by atoms with E-state index in [0.717, 1.165) is 23.6 Å². The summed E-state index contributed by atoms with van der Waals surface area (Å²) < 4.78 is 48.2. The van der Waals surface area contributed by atoms with Gasteiger partial charge in [0.2, 0.25) is 0 Å². The summed E-state index contributed by atoms with van der Waals surface area (Å²) in [5.41, 5.74) is 1.70. The molecule has 1 aliphatic heterocycles. The lowest BCUT2D eigenvalue weighted by Crippen LogP contribution is -2.22. The second-order valence-electron chi connectivity index (χ2n) is 7.71. The van der Waals surface area contributed by atoms with E-state index in [9.17, 15) is 13.2 Å². The van der Waals surface area contributed by atoms with Crippen molar-refractivity contribution in [2.24, 2.45) is 0 Å². The van der Waals surface area contributed by atoms with E-state index in [0.29, 0.717) is 35.9 Å². The molecule has 0 fully saturated rings. The summed E-state index contributed by atoms with van der Waals surface area (Å²) in [6.07, 6.45) is 4.51. The van der Waals surface area contributed by atoms with Gasteiger partial charge in [0.05, 0.1) is 30.2 Å². The highest BCUT2D eigenvalue weighted by atomic mass is 19.3. The number of fused-ring (bicyclic) bond motifs is 1. The molecule has 1 aliphatic rings. The Labute approximate surface area is 183 Å². The van der Waals surface area contributed by atoms with Gasteiger partial charge in [0.15, 0.2) is 5.65 Å². The van der Waals surface area contributed by atoms with Crippen LogP contribution in [-0.4, -0.2) is 39.9 Å². The molecule has 4 rings (SSSR count). The molecule has 0 saturated heterocycles.